The van der Waals surface area contributed by atoms with E-state index in [9.17, 15) is 24.5 Å². The number of rotatable bonds is 18. The number of unbranched alkanes of at least 4 members (excludes halogenated alkanes) is 4. The van der Waals surface area contributed by atoms with Crippen LogP contribution in [-0.4, -0.2) is 72.9 Å². The standard InChI is InChI=1S/C31H40N7O10P/c1-36-12-8-9-25(23(36)17-39)45-14-7-5-3-4-6-13-44-21-10-11-22(37(2)16-21)31(41)48-49(42,43)46-18-26-24(40)15-27(47-26)38-20-35-28-29(32)33-19-34-30(28)38/h8-12,16-17,19-20,24,26-27,31-32,40-41H,3-7,13-15,18H2,1-2H3/p+2/t24-,26+,27+,31?/m0/s1. The maximum atomic E-state index is 12.7. The van der Waals surface area contributed by atoms with Gasteiger partial charge in [0.1, 0.15) is 38.3 Å². The van der Waals surface area contributed by atoms with E-state index in [0.717, 1.165) is 38.4 Å². The van der Waals surface area contributed by atoms with Gasteiger partial charge in [0.2, 0.25) is 18.2 Å². The van der Waals surface area contributed by atoms with E-state index < -0.39 is 39.2 Å². The molecule has 4 aromatic heterocycles. The molecule has 49 heavy (non-hydrogen) atoms. The van der Waals surface area contributed by atoms with Gasteiger partial charge in [-0.1, -0.05) is 19.3 Å². The van der Waals surface area contributed by atoms with E-state index in [1.54, 1.807) is 47.8 Å². The summed E-state index contributed by atoms with van der Waals surface area (Å²) in [4.78, 5) is 33.8. The second kappa shape index (κ2) is 16.5. The number of hydrogen-bond acceptors (Lipinski definition) is 13. The average molecular weight is 704 g/mol. The van der Waals surface area contributed by atoms with E-state index in [2.05, 4.69) is 15.0 Å². The zero-order valence-electron chi connectivity index (χ0n) is 27.3. The van der Waals surface area contributed by atoms with Gasteiger partial charge in [0.05, 0.1) is 32.3 Å². The summed E-state index contributed by atoms with van der Waals surface area (Å²) in [5, 5.41) is 21.1. The Kier molecular flexibility index (Phi) is 12.2. The van der Waals surface area contributed by atoms with Crippen LogP contribution in [0.2, 0.25) is 0 Å². The number of aliphatic hydroxyl groups excluding tert-OH is 2. The zero-order valence-corrected chi connectivity index (χ0v) is 28.2. The minimum absolute atomic E-state index is 0.140. The molecule has 1 saturated heterocycles. The number of aryl methyl sites for hydroxylation is 2. The molecule has 5 atom stereocenters. The predicted molar refractivity (Wildman–Crippen MR) is 171 cm³/mol. The van der Waals surface area contributed by atoms with Gasteiger partial charge in [-0.05, 0) is 25.0 Å². The van der Waals surface area contributed by atoms with Crippen LogP contribution < -0.4 is 24.3 Å². The van der Waals surface area contributed by atoms with Gasteiger partial charge in [-0.2, -0.15) is 9.13 Å². The van der Waals surface area contributed by atoms with Crippen LogP contribution in [0.15, 0.2) is 49.3 Å². The Balaban J connectivity index is 0.997. The van der Waals surface area contributed by atoms with Gasteiger partial charge in [0.25, 0.3) is 12.0 Å². The summed E-state index contributed by atoms with van der Waals surface area (Å²) in [7, 11) is -1.34. The van der Waals surface area contributed by atoms with Crippen molar-refractivity contribution < 1.29 is 56.9 Å². The summed E-state index contributed by atoms with van der Waals surface area (Å²) in [5.74, 6) is 1.34. The molecule has 264 valence electrons. The van der Waals surface area contributed by atoms with Crippen molar-refractivity contribution in [2.24, 2.45) is 14.1 Å². The van der Waals surface area contributed by atoms with E-state index in [-0.39, 0.29) is 17.9 Å². The SMILES string of the molecule is C[n+]1cc(OCCCCCCCOc2ccc[n+](C)c2C=O)ccc1C(O)OP(=O)(O)OC[C@H]1O[C@@H](n2cnc3c(N)ncnc32)C[C@@H]1O. The van der Waals surface area contributed by atoms with Crippen molar-refractivity contribution in [2.75, 3.05) is 25.6 Å². The molecule has 0 saturated carbocycles. The highest BCUT2D eigenvalue weighted by Crippen LogP contribution is 2.48. The molecule has 4 aromatic rings. The van der Waals surface area contributed by atoms with Crippen LogP contribution in [0.4, 0.5) is 5.82 Å². The maximum absolute atomic E-state index is 12.7. The highest BCUT2D eigenvalue weighted by molar-refractivity contribution is 7.47. The summed E-state index contributed by atoms with van der Waals surface area (Å²) in [6.45, 7) is 0.546. The van der Waals surface area contributed by atoms with Crippen molar-refractivity contribution in [1.29, 1.82) is 0 Å². The Hall–Kier alpha value is -4.09. The van der Waals surface area contributed by atoms with Crippen LogP contribution in [0, 0.1) is 0 Å². The van der Waals surface area contributed by atoms with Gasteiger partial charge in [0.15, 0.2) is 29.2 Å². The Bertz CT molecular complexity index is 1780. The number of imidazole rings is 1. The Labute approximate surface area is 282 Å². The smallest absolute Gasteiger partial charge is 0.475 e. The van der Waals surface area contributed by atoms with Crippen LogP contribution in [0.3, 0.4) is 0 Å². The second-order valence-electron chi connectivity index (χ2n) is 11.6. The third-order valence-corrected chi connectivity index (χ3v) is 8.99. The quantitative estimate of drug-likeness (QED) is 0.0382. The molecule has 0 radical (unpaired) electrons. The van der Waals surface area contributed by atoms with E-state index in [4.69, 9.17) is 29.0 Å². The number of anilines is 1. The van der Waals surface area contributed by atoms with E-state index >= 15 is 0 Å². The third kappa shape index (κ3) is 9.33. The lowest BCUT2D eigenvalue weighted by atomic mass is 10.1. The van der Waals surface area contributed by atoms with Crippen LogP contribution in [0.25, 0.3) is 11.2 Å². The molecule has 2 unspecified atom stereocenters. The number of pyridine rings is 2. The number of hydrogen-bond donors (Lipinski definition) is 4. The molecule has 0 aliphatic carbocycles. The fourth-order valence-corrected chi connectivity index (χ4v) is 6.16. The summed E-state index contributed by atoms with van der Waals surface area (Å²) in [5.41, 5.74) is 7.33. The van der Waals surface area contributed by atoms with Gasteiger partial charge >= 0.3 is 7.82 Å². The number of phosphoric ester groups is 1. The molecule has 0 spiro atoms. The third-order valence-electron chi connectivity index (χ3n) is 8.05. The normalized spacial score (nSPS) is 19.5. The fraction of sp³-hybridized carbons (Fsp3) is 0.484. The number of aliphatic hydroxyl groups is 2. The fourth-order valence-electron chi connectivity index (χ4n) is 5.40. The first kappa shape index (κ1) is 36.2. The van der Waals surface area contributed by atoms with Crippen LogP contribution >= 0.6 is 7.82 Å². The van der Waals surface area contributed by atoms with Gasteiger partial charge in [-0.25, -0.2) is 24.0 Å². The molecule has 1 aliphatic heterocycles. The summed E-state index contributed by atoms with van der Waals surface area (Å²) in [6, 6.07) is 6.77. The number of nitrogen functional groups attached to an aromatic ring is 1. The molecule has 17 nitrogen and oxygen atoms in total. The van der Waals surface area contributed by atoms with Crippen molar-refractivity contribution in [3.63, 3.8) is 0 Å². The topological polar surface area (TPSA) is 218 Å². The van der Waals surface area contributed by atoms with Crippen LogP contribution in [-0.2, 0) is 32.4 Å². The van der Waals surface area contributed by atoms with Gasteiger partial charge in [-0.3, -0.25) is 13.9 Å². The Morgan fingerprint density at radius 1 is 1.10 bits per heavy atom. The van der Waals surface area contributed by atoms with Crippen LogP contribution in [0.5, 0.6) is 11.5 Å². The number of aromatic nitrogens is 6. The predicted octanol–water partition coefficient (Wildman–Crippen LogP) is 1.75. The second-order valence-corrected chi connectivity index (χ2v) is 13.0. The van der Waals surface area contributed by atoms with Crippen molar-refractivity contribution in [3.8, 4) is 11.5 Å². The lowest BCUT2D eigenvalue weighted by molar-refractivity contribution is -0.686. The molecule has 5 rings (SSSR count). The van der Waals surface area contributed by atoms with Crippen molar-refractivity contribution in [3.05, 3.63) is 60.7 Å². The number of carbonyl (C=O) groups is 1. The number of aldehydes is 1. The number of ether oxygens (including phenoxy) is 3. The average Bonchev–Trinajstić information content (AvgIpc) is 3.66. The number of carbonyl (C=O) groups excluding carboxylic acids is 1. The lowest BCUT2D eigenvalue weighted by Gasteiger charge is -2.19. The molecule has 5 N–H and O–H groups in total. The molecule has 1 aliphatic rings. The van der Waals surface area contributed by atoms with Gasteiger partial charge < -0.3 is 35.1 Å². The highest BCUT2D eigenvalue weighted by Gasteiger charge is 2.39. The first-order chi connectivity index (χ1) is 23.6. The number of nitrogens with zero attached hydrogens (tertiary/aromatic N) is 6. The summed E-state index contributed by atoms with van der Waals surface area (Å²) in [6.07, 6.45) is 7.31. The van der Waals surface area contributed by atoms with Crippen LogP contribution in [0.1, 0.15) is 67.2 Å². The first-order valence-corrected chi connectivity index (χ1v) is 17.3. The minimum Gasteiger partial charge on any atom is -0.487 e. The van der Waals surface area contributed by atoms with Crippen molar-refractivity contribution in [1.82, 2.24) is 19.5 Å². The summed E-state index contributed by atoms with van der Waals surface area (Å²) >= 11 is 0. The summed E-state index contributed by atoms with van der Waals surface area (Å²) < 4.78 is 45.0. The lowest BCUT2D eigenvalue weighted by Crippen LogP contribution is -2.35. The molecule has 5 heterocycles. The zero-order chi connectivity index (χ0) is 35.0. The maximum Gasteiger partial charge on any atom is 0.475 e. The van der Waals surface area contributed by atoms with E-state index in [1.807, 2.05) is 6.07 Å². The van der Waals surface area contributed by atoms with E-state index in [0.29, 0.717) is 41.6 Å². The Morgan fingerprint density at radius 2 is 1.86 bits per heavy atom. The molecule has 18 heteroatoms. The highest BCUT2D eigenvalue weighted by atomic mass is 31.2. The number of nitrogens with two attached hydrogens (primary N) is 1. The largest absolute Gasteiger partial charge is 0.487 e. The minimum atomic E-state index is -4.77. The molecule has 0 amide bonds. The van der Waals surface area contributed by atoms with E-state index in [1.165, 1.54) is 23.3 Å². The van der Waals surface area contributed by atoms with Gasteiger partial charge in [-0.15, -0.1) is 0 Å². The molecule has 0 aromatic carbocycles. The molecule has 0 bridgehead atoms. The number of phosphoric acid groups is 1. The number of fused-ring (bicyclic) bond motifs is 1. The van der Waals surface area contributed by atoms with Crippen molar-refractivity contribution >= 4 is 31.1 Å². The monoisotopic (exact) mass is 703 g/mol. The van der Waals surface area contributed by atoms with Crippen molar-refractivity contribution in [2.45, 2.75) is 63.3 Å². The molecule has 1 fully saturated rings. The molecular formula is C31H42N7O10P+2. The van der Waals surface area contributed by atoms with Gasteiger partial charge in [0, 0.05) is 18.6 Å². The first-order valence-electron chi connectivity index (χ1n) is 15.9. The molecular weight excluding hydrogens is 661 g/mol. The Morgan fingerprint density at radius 3 is 2.61 bits per heavy atom.